The molecule has 100 valence electrons. The standard InChI is InChI=1S/C13H10BrClFNO2/c1-3-19-13(18)8-5-17-12-7(10(8)15)4-6(2)9(14)11(12)16/h4-5H,3H2,1-2H3. The Morgan fingerprint density at radius 3 is 2.89 bits per heavy atom. The Morgan fingerprint density at radius 1 is 1.58 bits per heavy atom. The minimum atomic E-state index is -0.567. The van der Waals surface area contributed by atoms with Gasteiger partial charge in [-0.25, -0.2) is 9.18 Å². The summed E-state index contributed by atoms with van der Waals surface area (Å²) in [5, 5.41) is 0.545. The van der Waals surface area contributed by atoms with Gasteiger partial charge in [-0.15, -0.1) is 0 Å². The topological polar surface area (TPSA) is 39.2 Å². The van der Waals surface area contributed by atoms with Crippen LogP contribution in [0.2, 0.25) is 5.02 Å². The van der Waals surface area contributed by atoms with Gasteiger partial charge in [-0.2, -0.15) is 0 Å². The number of benzene rings is 1. The van der Waals surface area contributed by atoms with E-state index in [1.165, 1.54) is 6.20 Å². The molecule has 1 aromatic carbocycles. The zero-order chi connectivity index (χ0) is 14.2. The normalized spacial score (nSPS) is 10.8. The molecule has 2 aromatic rings. The molecule has 0 amide bonds. The summed E-state index contributed by atoms with van der Waals surface area (Å²) in [4.78, 5) is 15.7. The minimum absolute atomic E-state index is 0.121. The van der Waals surface area contributed by atoms with E-state index in [4.69, 9.17) is 16.3 Å². The van der Waals surface area contributed by atoms with Gasteiger partial charge in [0.2, 0.25) is 0 Å². The van der Waals surface area contributed by atoms with Crippen LogP contribution in [0.25, 0.3) is 10.9 Å². The fourth-order valence-electron chi connectivity index (χ4n) is 1.72. The molecule has 0 radical (unpaired) electrons. The number of hydrogen-bond donors (Lipinski definition) is 0. The summed E-state index contributed by atoms with van der Waals surface area (Å²) in [6.45, 7) is 3.67. The molecule has 0 aliphatic carbocycles. The molecule has 0 saturated heterocycles. The number of carbonyl (C=O) groups is 1. The smallest absolute Gasteiger partial charge is 0.341 e. The van der Waals surface area contributed by atoms with Crippen molar-refractivity contribution in [2.24, 2.45) is 0 Å². The van der Waals surface area contributed by atoms with Gasteiger partial charge in [0.1, 0.15) is 5.52 Å². The van der Waals surface area contributed by atoms with Crippen molar-refractivity contribution in [3.8, 4) is 0 Å². The fourth-order valence-corrected chi connectivity index (χ4v) is 2.29. The number of esters is 1. The molecule has 0 unspecified atom stereocenters. The lowest BCUT2D eigenvalue weighted by Crippen LogP contribution is -2.06. The first-order valence-electron chi connectivity index (χ1n) is 5.57. The van der Waals surface area contributed by atoms with E-state index < -0.39 is 11.8 Å². The second kappa shape index (κ2) is 5.43. The highest BCUT2D eigenvalue weighted by molar-refractivity contribution is 9.10. The maximum absolute atomic E-state index is 14.0. The van der Waals surface area contributed by atoms with Crippen molar-refractivity contribution in [2.45, 2.75) is 13.8 Å². The van der Waals surface area contributed by atoms with E-state index in [-0.39, 0.29) is 22.7 Å². The van der Waals surface area contributed by atoms with Crippen LogP contribution < -0.4 is 0 Å². The third-order valence-electron chi connectivity index (χ3n) is 2.65. The number of aromatic nitrogens is 1. The molecule has 6 heteroatoms. The first kappa shape index (κ1) is 14.2. The number of halogens is 3. The second-order valence-corrected chi connectivity index (χ2v) is 5.09. The van der Waals surface area contributed by atoms with E-state index in [2.05, 4.69) is 20.9 Å². The van der Waals surface area contributed by atoms with Gasteiger partial charge in [-0.05, 0) is 41.4 Å². The molecule has 2 rings (SSSR count). The summed E-state index contributed by atoms with van der Waals surface area (Å²) < 4.78 is 19.3. The molecular formula is C13H10BrClFNO2. The predicted molar refractivity (Wildman–Crippen MR) is 75.1 cm³/mol. The van der Waals surface area contributed by atoms with Gasteiger partial charge in [0.15, 0.2) is 5.82 Å². The van der Waals surface area contributed by atoms with Gasteiger partial charge >= 0.3 is 5.97 Å². The van der Waals surface area contributed by atoms with Crippen LogP contribution in [0.3, 0.4) is 0 Å². The zero-order valence-corrected chi connectivity index (χ0v) is 12.6. The lowest BCUT2D eigenvalue weighted by atomic mass is 10.1. The molecule has 0 aliphatic rings. The highest BCUT2D eigenvalue weighted by Gasteiger charge is 2.18. The molecule has 1 aromatic heterocycles. The van der Waals surface area contributed by atoms with Gasteiger partial charge in [0, 0.05) is 11.6 Å². The van der Waals surface area contributed by atoms with E-state index in [9.17, 15) is 9.18 Å². The maximum Gasteiger partial charge on any atom is 0.341 e. The van der Waals surface area contributed by atoms with Crippen molar-refractivity contribution in [1.82, 2.24) is 4.98 Å². The molecular weight excluding hydrogens is 337 g/mol. The molecule has 0 fully saturated rings. The molecule has 19 heavy (non-hydrogen) atoms. The van der Waals surface area contributed by atoms with Crippen molar-refractivity contribution < 1.29 is 13.9 Å². The van der Waals surface area contributed by atoms with Crippen LogP contribution in [0.1, 0.15) is 22.8 Å². The Kier molecular flexibility index (Phi) is 4.06. The van der Waals surface area contributed by atoms with Crippen LogP contribution in [-0.4, -0.2) is 17.6 Å². The third-order valence-corrected chi connectivity index (χ3v) is 4.03. The third kappa shape index (κ3) is 2.44. The van der Waals surface area contributed by atoms with Crippen LogP contribution in [0, 0.1) is 12.7 Å². The van der Waals surface area contributed by atoms with Gasteiger partial charge in [-0.3, -0.25) is 4.98 Å². The number of ether oxygens (including phenoxy) is 1. The van der Waals surface area contributed by atoms with Crippen LogP contribution in [0.5, 0.6) is 0 Å². The van der Waals surface area contributed by atoms with E-state index in [0.717, 1.165) is 0 Å². The summed E-state index contributed by atoms with van der Waals surface area (Å²) in [5.41, 5.74) is 0.933. The summed E-state index contributed by atoms with van der Waals surface area (Å²) in [6, 6.07) is 1.68. The molecule has 0 saturated carbocycles. The molecule has 0 N–H and O–H groups in total. The average molecular weight is 347 g/mol. The van der Waals surface area contributed by atoms with E-state index in [1.54, 1.807) is 19.9 Å². The van der Waals surface area contributed by atoms with Crippen molar-refractivity contribution in [3.63, 3.8) is 0 Å². The summed E-state index contributed by atoms with van der Waals surface area (Å²) in [7, 11) is 0. The lowest BCUT2D eigenvalue weighted by molar-refractivity contribution is 0.0526. The lowest BCUT2D eigenvalue weighted by Gasteiger charge is -2.09. The van der Waals surface area contributed by atoms with Crippen LogP contribution in [0.15, 0.2) is 16.7 Å². The van der Waals surface area contributed by atoms with Crippen molar-refractivity contribution >= 4 is 44.4 Å². The number of pyridine rings is 1. The quantitative estimate of drug-likeness (QED) is 0.762. The summed E-state index contributed by atoms with van der Waals surface area (Å²) in [5.74, 6) is -1.06. The van der Waals surface area contributed by atoms with Gasteiger partial charge in [-0.1, -0.05) is 11.6 Å². The van der Waals surface area contributed by atoms with E-state index >= 15 is 0 Å². The Balaban J connectivity index is 2.72. The number of fused-ring (bicyclic) bond motifs is 1. The Morgan fingerprint density at radius 2 is 2.26 bits per heavy atom. The predicted octanol–water partition coefficient (Wildman–Crippen LogP) is 4.27. The first-order chi connectivity index (χ1) is 8.97. The van der Waals surface area contributed by atoms with E-state index in [1.807, 2.05) is 0 Å². The highest BCUT2D eigenvalue weighted by atomic mass is 79.9. The first-order valence-corrected chi connectivity index (χ1v) is 6.74. The van der Waals surface area contributed by atoms with Gasteiger partial charge < -0.3 is 4.74 Å². The Labute approximate surface area is 122 Å². The van der Waals surface area contributed by atoms with Crippen molar-refractivity contribution in [2.75, 3.05) is 6.61 Å². The molecule has 3 nitrogen and oxygen atoms in total. The van der Waals surface area contributed by atoms with Gasteiger partial charge in [0.05, 0.1) is 21.7 Å². The molecule has 0 spiro atoms. The fraction of sp³-hybridized carbons (Fsp3) is 0.231. The molecule has 0 aliphatic heterocycles. The van der Waals surface area contributed by atoms with Crippen molar-refractivity contribution in [3.05, 3.63) is 38.7 Å². The molecule has 0 atom stereocenters. The van der Waals surface area contributed by atoms with E-state index in [0.29, 0.717) is 15.4 Å². The Hall–Kier alpha value is -1.20. The van der Waals surface area contributed by atoms with Crippen LogP contribution in [0.4, 0.5) is 4.39 Å². The number of rotatable bonds is 2. The van der Waals surface area contributed by atoms with Crippen molar-refractivity contribution in [1.29, 1.82) is 0 Å². The SMILES string of the molecule is CCOC(=O)c1cnc2c(F)c(Br)c(C)cc2c1Cl. The number of nitrogens with zero attached hydrogens (tertiary/aromatic N) is 1. The molecule has 0 bridgehead atoms. The minimum Gasteiger partial charge on any atom is -0.462 e. The van der Waals surface area contributed by atoms with Crippen LogP contribution >= 0.6 is 27.5 Å². The number of carbonyl (C=O) groups excluding carboxylic acids is 1. The highest BCUT2D eigenvalue weighted by Crippen LogP contribution is 2.33. The number of hydrogen-bond acceptors (Lipinski definition) is 3. The number of aryl methyl sites for hydroxylation is 1. The molecule has 1 heterocycles. The summed E-state index contributed by atoms with van der Waals surface area (Å²) in [6.07, 6.45) is 1.23. The second-order valence-electron chi connectivity index (χ2n) is 3.92. The summed E-state index contributed by atoms with van der Waals surface area (Å²) >= 11 is 9.29. The largest absolute Gasteiger partial charge is 0.462 e. The van der Waals surface area contributed by atoms with Gasteiger partial charge in [0.25, 0.3) is 0 Å². The maximum atomic E-state index is 14.0. The monoisotopic (exact) mass is 345 g/mol. The van der Waals surface area contributed by atoms with Crippen LogP contribution in [-0.2, 0) is 4.74 Å². The Bertz CT molecular complexity index is 675. The zero-order valence-electron chi connectivity index (χ0n) is 10.3. The average Bonchev–Trinajstić information content (AvgIpc) is 2.38.